The van der Waals surface area contributed by atoms with Crippen LogP contribution in [0, 0.1) is 20.6 Å². The normalized spacial score (nSPS) is 10.7. The summed E-state index contributed by atoms with van der Waals surface area (Å²) < 4.78 is 2.11. The average Bonchev–Trinajstić information content (AvgIpc) is 3.19. The highest BCUT2D eigenvalue weighted by Gasteiger charge is 2.17. The number of para-hydroxylation sites is 1. The zero-order valence-electron chi connectivity index (χ0n) is 16.6. The molecule has 0 atom stereocenters. The Morgan fingerprint density at radius 2 is 1.94 bits per heavy atom. The molecule has 3 aromatic carbocycles. The summed E-state index contributed by atoms with van der Waals surface area (Å²) in [6.07, 6.45) is 0. The number of benzene rings is 3. The standard InChI is InChI=1S/C22H15IN4O3S2/c1-12-6-7-13(10-18(12)27(29)30)20(28)26-22(31)25-16-9-8-14(23)11-15(16)21-24-17-4-2-3-5-19(17)32-21/h2-11H,1H3,(H2,25,26,28,31). The molecule has 0 aliphatic rings. The summed E-state index contributed by atoms with van der Waals surface area (Å²) in [7, 11) is 0. The number of thiazole rings is 1. The summed E-state index contributed by atoms with van der Waals surface area (Å²) in [4.78, 5) is 27.9. The Kier molecular flexibility index (Phi) is 6.44. The van der Waals surface area contributed by atoms with Crippen LogP contribution in [0.25, 0.3) is 20.8 Å². The molecule has 4 aromatic rings. The van der Waals surface area contributed by atoms with E-state index >= 15 is 0 Å². The highest BCUT2D eigenvalue weighted by molar-refractivity contribution is 14.1. The van der Waals surface area contributed by atoms with Gasteiger partial charge in [0, 0.05) is 26.3 Å². The maximum Gasteiger partial charge on any atom is 0.273 e. The van der Waals surface area contributed by atoms with Crippen LogP contribution in [0.5, 0.6) is 0 Å². The molecular formula is C22H15IN4O3S2. The Hall–Kier alpha value is -2.96. The van der Waals surface area contributed by atoms with E-state index in [2.05, 4.69) is 33.2 Å². The van der Waals surface area contributed by atoms with E-state index in [4.69, 9.17) is 17.2 Å². The zero-order valence-corrected chi connectivity index (χ0v) is 20.4. The second-order valence-electron chi connectivity index (χ2n) is 6.84. The summed E-state index contributed by atoms with van der Waals surface area (Å²) in [6, 6.07) is 18.0. The molecule has 1 amide bonds. The minimum Gasteiger partial charge on any atom is -0.332 e. The lowest BCUT2D eigenvalue weighted by atomic mass is 10.1. The lowest BCUT2D eigenvalue weighted by Gasteiger charge is -2.13. The van der Waals surface area contributed by atoms with Crippen LogP contribution in [0.2, 0.25) is 0 Å². The van der Waals surface area contributed by atoms with Gasteiger partial charge in [0.25, 0.3) is 11.6 Å². The van der Waals surface area contributed by atoms with E-state index in [-0.39, 0.29) is 16.4 Å². The third kappa shape index (κ3) is 4.76. The van der Waals surface area contributed by atoms with Crippen molar-refractivity contribution in [3.05, 3.63) is 85.5 Å². The summed E-state index contributed by atoms with van der Waals surface area (Å²) in [5.41, 5.74) is 2.99. The molecule has 0 radical (unpaired) electrons. The van der Waals surface area contributed by atoms with Crippen molar-refractivity contribution in [3.8, 4) is 10.6 Å². The predicted octanol–water partition coefficient (Wildman–Crippen LogP) is 5.91. The molecule has 0 saturated heterocycles. The molecular weight excluding hydrogens is 559 g/mol. The van der Waals surface area contributed by atoms with Gasteiger partial charge in [-0.25, -0.2) is 4.98 Å². The van der Waals surface area contributed by atoms with Gasteiger partial charge in [-0.05, 0) is 78.1 Å². The molecule has 0 saturated carbocycles. The average molecular weight is 574 g/mol. The van der Waals surface area contributed by atoms with Gasteiger partial charge in [0.1, 0.15) is 5.01 Å². The molecule has 0 aliphatic heterocycles. The van der Waals surface area contributed by atoms with E-state index in [0.717, 1.165) is 24.4 Å². The van der Waals surface area contributed by atoms with Crippen molar-refractivity contribution in [2.24, 2.45) is 0 Å². The van der Waals surface area contributed by atoms with Gasteiger partial charge >= 0.3 is 0 Å². The van der Waals surface area contributed by atoms with Gasteiger partial charge < -0.3 is 5.32 Å². The number of aromatic nitrogens is 1. The topological polar surface area (TPSA) is 97.2 Å². The quantitative estimate of drug-likeness (QED) is 0.136. The lowest BCUT2D eigenvalue weighted by Crippen LogP contribution is -2.34. The highest BCUT2D eigenvalue weighted by atomic mass is 127. The van der Waals surface area contributed by atoms with Crippen LogP contribution in [-0.2, 0) is 0 Å². The summed E-state index contributed by atoms with van der Waals surface area (Å²) >= 11 is 9.13. The third-order valence-electron chi connectivity index (χ3n) is 4.65. The number of carbonyl (C=O) groups excluding carboxylic acids is 1. The smallest absolute Gasteiger partial charge is 0.273 e. The minimum atomic E-state index is -0.530. The molecule has 7 nitrogen and oxygen atoms in total. The number of hydrogen-bond donors (Lipinski definition) is 2. The first kappa shape index (κ1) is 22.2. The van der Waals surface area contributed by atoms with Crippen molar-refractivity contribution in [1.82, 2.24) is 10.3 Å². The van der Waals surface area contributed by atoms with Gasteiger partial charge in [-0.1, -0.05) is 18.2 Å². The number of halogens is 1. The van der Waals surface area contributed by atoms with Crippen LogP contribution in [0.1, 0.15) is 15.9 Å². The van der Waals surface area contributed by atoms with E-state index in [9.17, 15) is 14.9 Å². The fraction of sp³-hybridized carbons (Fsp3) is 0.0455. The number of nitro groups is 1. The Balaban J connectivity index is 1.57. The lowest BCUT2D eigenvalue weighted by molar-refractivity contribution is -0.385. The molecule has 160 valence electrons. The number of nitrogens with one attached hydrogen (secondary N) is 2. The van der Waals surface area contributed by atoms with Gasteiger partial charge in [0.15, 0.2) is 5.11 Å². The first-order valence-corrected chi connectivity index (χ1v) is 11.6. The van der Waals surface area contributed by atoms with Crippen LogP contribution in [0.15, 0.2) is 60.7 Å². The SMILES string of the molecule is Cc1ccc(C(=O)NC(=S)Nc2ccc(I)cc2-c2nc3ccccc3s2)cc1[N+](=O)[O-]. The molecule has 0 spiro atoms. The van der Waals surface area contributed by atoms with E-state index in [1.54, 1.807) is 18.3 Å². The van der Waals surface area contributed by atoms with Crippen LogP contribution in [0.3, 0.4) is 0 Å². The molecule has 2 N–H and O–H groups in total. The summed E-state index contributed by atoms with van der Waals surface area (Å²) in [5.74, 6) is -0.530. The van der Waals surface area contributed by atoms with Crippen LogP contribution in [-0.4, -0.2) is 20.9 Å². The maximum atomic E-state index is 12.6. The van der Waals surface area contributed by atoms with Crippen molar-refractivity contribution < 1.29 is 9.72 Å². The number of aryl methyl sites for hydroxylation is 1. The minimum absolute atomic E-state index is 0.0850. The second-order valence-corrected chi connectivity index (χ2v) is 9.53. The Morgan fingerprint density at radius 1 is 1.16 bits per heavy atom. The van der Waals surface area contributed by atoms with E-state index in [1.165, 1.54) is 18.2 Å². The van der Waals surface area contributed by atoms with Gasteiger partial charge in [0.2, 0.25) is 0 Å². The predicted molar refractivity (Wildman–Crippen MR) is 139 cm³/mol. The number of carbonyl (C=O) groups is 1. The zero-order chi connectivity index (χ0) is 22.8. The molecule has 0 aliphatic carbocycles. The van der Waals surface area contributed by atoms with Crippen molar-refractivity contribution in [1.29, 1.82) is 0 Å². The fourth-order valence-corrected chi connectivity index (χ4v) is 4.76. The number of nitro benzene ring substituents is 1. The van der Waals surface area contributed by atoms with E-state index in [1.807, 2.05) is 42.5 Å². The third-order valence-corrected chi connectivity index (χ3v) is 6.59. The van der Waals surface area contributed by atoms with Crippen LogP contribution in [0.4, 0.5) is 11.4 Å². The number of anilines is 1. The monoisotopic (exact) mass is 574 g/mol. The molecule has 32 heavy (non-hydrogen) atoms. The van der Waals surface area contributed by atoms with Crippen molar-refractivity contribution in [3.63, 3.8) is 0 Å². The van der Waals surface area contributed by atoms with Crippen molar-refractivity contribution >= 4 is 78.8 Å². The van der Waals surface area contributed by atoms with Gasteiger partial charge in [-0.3, -0.25) is 20.2 Å². The highest BCUT2D eigenvalue weighted by Crippen LogP contribution is 2.35. The van der Waals surface area contributed by atoms with E-state index < -0.39 is 10.8 Å². The number of fused-ring (bicyclic) bond motifs is 1. The Morgan fingerprint density at radius 3 is 2.69 bits per heavy atom. The molecule has 10 heteroatoms. The number of thiocarbonyl (C=S) groups is 1. The maximum absolute atomic E-state index is 12.6. The summed E-state index contributed by atoms with van der Waals surface area (Å²) in [5, 5.41) is 17.7. The van der Waals surface area contributed by atoms with Crippen molar-refractivity contribution in [2.45, 2.75) is 6.92 Å². The largest absolute Gasteiger partial charge is 0.332 e. The molecule has 1 aromatic heterocycles. The first-order valence-electron chi connectivity index (χ1n) is 9.34. The molecule has 0 bridgehead atoms. The molecule has 0 fully saturated rings. The van der Waals surface area contributed by atoms with Gasteiger partial charge in [-0.15, -0.1) is 11.3 Å². The van der Waals surface area contributed by atoms with E-state index in [0.29, 0.717) is 11.3 Å². The number of rotatable bonds is 4. The second kappa shape index (κ2) is 9.27. The van der Waals surface area contributed by atoms with Gasteiger partial charge in [0.05, 0.1) is 20.8 Å². The van der Waals surface area contributed by atoms with Gasteiger partial charge in [-0.2, -0.15) is 0 Å². The Bertz CT molecular complexity index is 1350. The van der Waals surface area contributed by atoms with Crippen molar-refractivity contribution in [2.75, 3.05) is 5.32 Å². The first-order chi connectivity index (χ1) is 15.3. The van der Waals surface area contributed by atoms with Crippen LogP contribution < -0.4 is 10.6 Å². The number of nitrogens with zero attached hydrogens (tertiary/aromatic N) is 2. The van der Waals surface area contributed by atoms with Crippen LogP contribution >= 0.6 is 46.1 Å². The molecule has 0 unspecified atom stereocenters. The molecule has 1 heterocycles. The summed E-state index contributed by atoms with van der Waals surface area (Å²) in [6.45, 7) is 1.62. The Labute approximate surface area is 206 Å². The number of amides is 1. The number of hydrogen-bond acceptors (Lipinski definition) is 6. The fourth-order valence-electron chi connectivity index (χ4n) is 3.07. The molecule has 4 rings (SSSR count).